The summed E-state index contributed by atoms with van der Waals surface area (Å²) in [7, 11) is 0. The largest absolute Gasteiger partial charge is 0.454 e. The molecule has 0 aliphatic rings. The van der Waals surface area contributed by atoms with E-state index in [0.29, 0.717) is 21.6 Å². The summed E-state index contributed by atoms with van der Waals surface area (Å²) in [4.78, 5) is 0. The lowest BCUT2D eigenvalue weighted by Crippen LogP contribution is -1.75. The second kappa shape index (κ2) is 2.97. The van der Waals surface area contributed by atoms with Crippen molar-refractivity contribution in [3.05, 3.63) is 47.2 Å². The van der Waals surface area contributed by atoms with Gasteiger partial charge in [0.15, 0.2) is 5.58 Å². The summed E-state index contributed by atoms with van der Waals surface area (Å²) in [5, 5.41) is 1.65. The lowest BCUT2D eigenvalue weighted by molar-refractivity contribution is 0.634. The number of rotatable bonds is 0. The van der Waals surface area contributed by atoms with Gasteiger partial charge in [-0.1, -0.05) is 29.8 Å². The first kappa shape index (κ1) is 8.74. The van der Waals surface area contributed by atoms with Gasteiger partial charge in [-0.15, -0.1) is 0 Å². The van der Waals surface area contributed by atoms with E-state index in [-0.39, 0.29) is 5.82 Å². The Balaban J connectivity index is 2.66. The molecule has 0 atom stereocenters. The van der Waals surface area contributed by atoms with E-state index >= 15 is 0 Å². The number of furan rings is 1. The van der Waals surface area contributed by atoms with Gasteiger partial charge < -0.3 is 4.42 Å². The fourth-order valence-corrected chi connectivity index (χ4v) is 1.95. The molecule has 0 aliphatic heterocycles. The van der Waals surface area contributed by atoms with Crippen LogP contribution < -0.4 is 0 Å². The predicted molar refractivity (Wildman–Crippen MR) is 58.7 cm³/mol. The highest BCUT2D eigenvalue weighted by molar-refractivity contribution is 6.35. The van der Waals surface area contributed by atoms with Crippen LogP contribution >= 0.6 is 11.6 Å². The quantitative estimate of drug-likeness (QED) is 0.548. The number of hydrogen-bond donors (Lipinski definition) is 0. The summed E-state index contributed by atoms with van der Waals surface area (Å²) in [6, 6.07) is 10.2. The molecule has 1 aromatic heterocycles. The third-order valence-corrected chi connectivity index (χ3v) is 2.72. The molecule has 2 aromatic carbocycles. The van der Waals surface area contributed by atoms with E-state index in [1.807, 2.05) is 18.2 Å². The monoisotopic (exact) mass is 220 g/mol. The van der Waals surface area contributed by atoms with Crippen molar-refractivity contribution in [2.75, 3.05) is 0 Å². The topological polar surface area (TPSA) is 13.1 Å². The number of benzene rings is 2. The first-order valence-electron chi connectivity index (χ1n) is 4.52. The Morgan fingerprint density at radius 2 is 1.87 bits per heavy atom. The second-order valence-electron chi connectivity index (χ2n) is 3.33. The van der Waals surface area contributed by atoms with Crippen molar-refractivity contribution in [2.24, 2.45) is 0 Å². The molecule has 1 heterocycles. The molecule has 74 valence electrons. The van der Waals surface area contributed by atoms with Gasteiger partial charge in [0.1, 0.15) is 11.4 Å². The highest BCUT2D eigenvalue weighted by atomic mass is 35.5. The van der Waals surface area contributed by atoms with E-state index in [2.05, 4.69) is 0 Å². The summed E-state index contributed by atoms with van der Waals surface area (Å²) in [6.07, 6.45) is 0. The normalized spacial score (nSPS) is 11.3. The van der Waals surface area contributed by atoms with Gasteiger partial charge in [0.2, 0.25) is 0 Å². The van der Waals surface area contributed by atoms with Gasteiger partial charge in [0.05, 0.1) is 10.4 Å². The summed E-state index contributed by atoms with van der Waals surface area (Å²) >= 11 is 5.94. The fourth-order valence-electron chi connectivity index (χ4n) is 1.76. The molecule has 0 spiro atoms. The first-order valence-corrected chi connectivity index (χ1v) is 4.90. The Morgan fingerprint density at radius 3 is 2.73 bits per heavy atom. The average Bonchev–Trinajstić information content (AvgIpc) is 2.64. The number of halogens is 2. The Morgan fingerprint density at radius 1 is 1.07 bits per heavy atom. The van der Waals surface area contributed by atoms with Crippen molar-refractivity contribution in [3.63, 3.8) is 0 Å². The van der Waals surface area contributed by atoms with Gasteiger partial charge in [-0.25, -0.2) is 4.39 Å². The zero-order valence-corrected chi connectivity index (χ0v) is 8.38. The van der Waals surface area contributed by atoms with Gasteiger partial charge in [-0.2, -0.15) is 0 Å². The predicted octanol–water partition coefficient (Wildman–Crippen LogP) is 4.38. The zero-order chi connectivity index (χ0) is 10.4. The van der Waals surface area contributed by atoms with E-state index in [1.54, 1.807) is 6.07 Å². The molecule has 0 unspecified atom stereocenters. The van der Waals surface area contributed by atoms with Gasteiger partial charge in [-0.05, 0) is 18.2 Å². The molecular weight excluding hydrogens is 215 g/mol. The molecular formula is C12H6ClFO. The average molecular weight is 221 g/mol. The summed E-state index contributed by atoms with van der Waals surface area (Å²) in [5.41, 5.74) is 1.07. The summed E-state index contributed by atoms with van der Waals surface area (Å²) in [5.74, 6) is -0.306. The van der Waals surface area contributed by atoms with Crippen LogP contribution in [0, 0.1) is 5.82 Å². The highest BCUT2D eigenvalue weighted by Crippen LogP contribution is 2.34. The van der Waals surface area contributed by atoms with Gasteiger partial charge in [0.25, 0.3) is 0 Å². The van der Waals surface area contributed by atoms with Crippen LogP contribution in [0.5, 0.6) is 0 Å². The molecule has 0 radical (unpaired) electrons. The van der Waals surface area contributed by atoms with E-state index in [9.17, 15) is 4.39 Å². The van der Waals surface area contributed by atoms with E-state index in [0.717, 1.165) is 5.39 Å². The fraction of sp³-hybridized carbons (Fsp3) is 0. The number of hydrogen-bond acceptors (Lipinski definition) is 1. The lowest BCUT2D eigenvalue weighted by atomic mass is 10.1. The van der Waals surface area contributed by atoms with E-state index in [4.69, 9.17) is 16.0 Å². The molecule has 3 heteroatoms. The van der Waals surface area contributed by atoms with E-state index < -0.39 is 0 Å². The lowest BCUT2D eigenvalue weighted by Gasteiger charge is -1.93. The SMILES string of the molecule is Fc1ccc(Cl)c2oc3ccccc3c12. The van der Waals surface area contributed by atoms with Crippen LogP contribution in [-0.2, 0) is 0 Å². The molecule has 0 N–H and O–H groups in total. The third-order valence-electron chi connectivity index (χ3n) is 2.43. The highest BCUT2D eigenvalue weighted by Gasteiger charge is 2.13. The van der Waals surface area contributed by atoms with Crippen LogP contribution in [-0.4, -0.2) is 0 Å². The Kier molecular flexibility index (Phi) is 1.73. The Hall–Kier alpha value is -1.54. The van der Waals surface area contributed by atoms with E-state index in [1.165, 1.54) is 12.1 Å². The minimum absolute atomic E-state index is 0.306. The molecule has 0 fully saturated rings. The van der Waals surface area contributed by atoms with Crippen molar-refractivity contribution in [1.82, 2.24) is 0 Å². The maximum Gasteiger partial charge on any atom is 0.156 e. The minimum Gasteiger partial charge on any atom is -0.454 e. The third kappa shape index (κ3) is 1.15. The van der Waals surface area contributed by atoms with Crippen molar-refractivity contribution in [1.29, 1.82) is 0 Å². The summed E-state index contributed by atoms with van der Waals surface area (Å²) in [6.45, 7) is 0. The Labute approximate surface area is 90.1 Å². The number of fused-ring (bicyclic) bond motifs is 3. The van der Waals surface area contributed by atoms with Crippen LogP contribution in [0.4, 0.5) is 4.39 Å². The van der Waals surface area contributed by atoms with Crippen molar-refractivity contribution in [3.8, 4) is 0 Å². The van der Waals surface area contributed by atoms with Gasteiger partial charge >= 0.3 is 0 Å². The maximum absolute atomic E-state index is 13.6. The number of para-hydroxylation sites is 1. The first-order chi connectivity index (χ1) is 7.27. The van der Waals surface area contributed by atoms with Gasteiger partial charge in [0, 0.05) is 5.39 Å². The minimum atomic E-state index is -0.306. The Bertz CT molecular complexity index is 657. The standard InChI is InChI=1S/C12H6ClFO/c13-8-5-6-9(14)11-7-3-1-2-4-10(7)15-12(8)11/h1-6H. The molecule has 15 heavy (non-hydrogen) atoms. The molecule has 0 amide bonds. The molecule has 0 bridgehead atoms. The van der Waals surface area contributed by atoms with Crippen molar-refractivity contribution in [2.45, 2.75) is 0 Å². The van der Waals surface area contributed by atoms with Crippen LogP contribution in [0.1, 0.15) is 0 Å². The molecule has 3 aromatic rings. The van der Waals surface area contributed by atoms with Crippen LogP contribution in [0.2, 0.25) is 5.02 Å². The van der Waals surface area contributed by atoms with Crippen molar-refractivity contribution < 1.29 is 8.81 Å². The smallest absolute Gasteiger partial charge is 0.156 e. The summed E-state index contributed by atoms with van der Waals surface area (Å²) < 4.78 is 19.1. The van der Waals surface area contributed by atoms with Crippen LogP contribution in [0.15, 0.2) is 40.8 Å². The molecule has 0 saturated carbocycles. The molecule has 0 aliphatic carbocycles. The zero-order valence-electron chi connectivity index (χ0n) is 7.63. The van der Waals surface area contributed by atoms with Gasteiger partial charge in [-0.3, -0.25) is 0 Å². The van der Waals surface area contributed by atoms with Crippen molar-refractivity contribution >= 4 is 33.5 Å². The molecule has 0 saturated heterocycles. The van der Waals surface area contributed by atoms with Crippen LogP contribution in [0.25, 0.3) is 21.9 Å². The maximum atomic E-state index is 13.6. The van der Waals surface area contributed by atoms with Crippen LogP contribution in [0.3, 0.4) is 0 Å². The molecule has 1 nitrogen and oxygen atoms in total. The molecule has 3 rings (SSSR count). The second-order valence-corrected chi connectivity index (χ2v) is 3.74.